The number of halogens is 2. The van der Waals surface area contributed by atoms with E-state index in [0.29, 0.717) is 11.3 Å². The molecule has 1 aromatic rings. The highest BCUT2D eigenvalue weighted by atomic mass is 35.5. The molecule has 2 atom stereocenters. The van der Waals surface area contributed by atoms with Gasteiger partial charge in [0.2, 0.25) is 0 Å². The molecule has 3 N–H and O–H groups in total. The summed E-state index contributed by atoms with van der Waals surface area (Å²) in [4.78, 5) is 0. The highest BCUT2D eigenvalue weighted by Crippen LogP contribution is 2.33. The van der Waals surface area contributed by atoms with Crippen molar-refractivity contribution in [2.24, 2.45) is 11.1 Å². The minimum atomic E-state index is -0.779. The molecule has 0 unspecified atom stereocenters. The van der Waals surface area contributed by atoms with Crippen molar-refractivity contribution in [2.75, 3.05) is 7.11 Å². The van der Waals surface area contributed by atoms with Crippen LogP contribution in [0.25, 0.3) is 0 Å². The smallest absolute Gasteiger partial charge is 0.123 e. The number of ether oxygens (including phenoxy) is 1. The molecule has 18 heavy (non-hydrogen) atoms. The van der Waals surface area contributed by atoms with Crippen LogP contribution in [0, 0.1) is 11.2 Å². The second kappa shape index (κ2) is 6.36. The molecule has 0 amide bonds. The second-order valence-corrected chi connectivity index (χ2v) is 5.22. The number of methoxy groups -OCH3 is 1. The van der Waals surface area contributed by atoms with Crippen molar-refractivity contribution in [2.45, 2.75) is 32.9 Å². The molecule has 0 aliphatic heterocycles. The molecule has 0 spiro atoms. The number of aliphatic hydroxyl groups excluding tert-OH is 1. The van der Waals surface area contributed by atoms with Gasteiger partial charge in [-0.15, -0.1) is 12.4 Å². The van der Waals surface area contributed by atoms with Crippen LogP contribution in [0.5, 0.6) is 5.75 Å². The van der Waals surface area contributed by atoms with Crippen molar-refractivity contribution in [3.8, 4) is 5.75 Å². The molecule has 5 heteroatoms. The largest absolute Gasteiger partial charge is 0.496 e. The van der Waals surface area contributed by atoms with E-state index in [1.807, 2.05) is 20.8 Å². The molecule has 0 fully saturated rings. The van der Waals surface area contributed by atoms with Gasteiger partial charge >= 0.3 is 0 Å². The average molecular weight is 278 g/mol. The van der Waals surface area contributed by atoms with Crippen molar-refractivity contribution in [3.05, 3.63) is 29.6 Å². The average Bonchev–Trinajstić information content (AvgIpc) is 2.25. The van der Waals surface area contributed by atoms with Crippen LogP contribution in [0.4, 0.5) is 4.39 Å². The summed E-state index contributed by atoms with van der Waals surface area (Å²) in [6.45, 7) is 5.63. The van der Waals surface area contributed by atoms with Crippen LogP contribution in [-0.4, -0.2) is 18.3 Å². The number of rotatable bonds is 3. The van der Waals surface area contributed by atoms with Gasteiger partial charge in [0.1, 0.15) is 11.6 Å². The van der Waals surface area contributed by atoms with Crippen LogP contribution in [0.2, 0.25) is 0 Å². The molecule has 0 aromatic heterocycles. The minimum absolute atomic E-state index is 0. The fourth-order valence-corrected chi connectivity index (χ4v) is 1.67. The molecule has 0 radical (unpaired) electrons. The number of nitrogens with two attached hydrogens (primary N) is 1. The van der Waals surface area contributed by atoms with Gasteiger partial charge in [-0.2, -0.15) is 0 Å². The van der Waals surface area contributed by atoms with Crippen LogP contribution in [0.1, 0.15) is 32.4 Å². The van der Waals surface area contributed by atoms with E-state index in [9.17, 15) is 9.50 Å². The quantitative estimate of drug-likeness (QED) is 0.893. The van der Waals surface area contributed by atoms with Crippen molar-refractivity contribution >= 4 is 12.4 Å². The van der Waals surface area contributed by atoms with Crippen LogP contribution < -0.4 is 10.5 Å². The van der Waals surface area contributed by atoms with Gasteiger partial charge in [0, 0.05) is 5.56 Å². The molecule has 0 saturated carbocycles. The summed E-state index contributed by atoms with van der Waals surface area (Å²) in [5.74, 6) is 0.0968. The van der Waals surface area contributed by atoms with E-state index in [1.54, 1.807) is 0 Å². The molecule has 3 nitrogen and oxygen atoms in total. The first kappa shape index (κ1) is 17.2. The monoisotopic (exact) mass is 277 g/mol. The van der Waals surface area contributed by atoms with E-state index >= 15 is 0 Å². The summed E-state index contributed by atoms with van der Waals surface area (Å²) >= 11 is 0. The normalized spacial score (nSPS) is 14.6. The van der Waals surface area contributed by atoms with Gasteiger partial charge in [0.15, 0.2) is 0 Å². The maximum Gasteiger partial charge on any atom is 0.123 e. The van der Waals surface area contributed by atoms with Crippen LogP contribution in [0.3, 0.4) is 0 Å². The van der Waals surface area contributed by atoms with Crippen LogP contribution >= 0.6 is 12.4 Å². The first-order valence-electron chi connectivity index (χ1n) is 5.54. The highest BCUT2D eigenvalue weighted by Gasteiger charge is 2.30. The zero-order chi connectivity index (χ0) is 13.2. The Morgan fingerprint density at radius 1 is 1.33 bits per heavy atom. The van der Waals surface area contributed by atoms with E-state index < -0.39 is 18.0 Å². The summed E-state index contributed by atoms with van der Waals surface area (Å²) < 4.78 is 18.3. The molecule has 0 bridgehead atoms. The second-order valence-electron chi connectivity index (χ2n) is 5.22. The molecular formula is C13H21ClFNO2. The third-order valence-corrected chi connectivity index (χ3v) is 2.78. The Kier molecular flexibility index (Phi) is 6.07. The topological polar surface area (TPSA) is 55.5 Å². The molecule has 1 rings (SSSR count). The van der Waals surface area contributed by atoms with Gasteiger partial charge in [-0.25, -0.2) is 4.39 Å². The van der Waals surface area contributed by atoms with Crippen molar-refractivity contribution in [3.63, 3.8) is 0 Å². The predicted molar refractivity (Wildman–Crippen MR) is 72.6 cm³/mol. The molecule has 0 aliphatic carbocycles. The van der Waals surface area contributed by atoms with E-state index in [4.69, 9.17) is 10.5 Å². The van der Waals surface area contributed by atoms with Crippen LogP contribution in [0.15, 0.2) is 18.2 Å². The Labute approximate surface area is 114 Å². The van der Waals surface area contributed by atoms with Crippen LogP contribution in [-0.2, 0) is 0 Å². The third-order valence-electron chi connectivity index (χ3n) is 2.78. The van der Waals surface area contributed by atoms with Crippen molar-refractivity contribution < 1.29 is 14.2 Å². The summed E-state index contributed by atoms with van der Waals surface area (Å²) in [7, 11) is 1.49. The highest BCUT2D eigenvalue weighted by molar-refractivity contribution is 5.85. The number of hydrogen-bond acceptors (Lipinski definition) is 3. The lowest BCUT2D eigenvalue weighted by Crippen LogP contribution is -2.37. The summed E-state index contributed by atoms with van der Waals surface area (Å²) in [5.41, 5.74) is 6.08. The fraction of sp³-hybridized carbons (Fsp3) is 0.538. The Morgan fingerprint density at radius 2 is 1.89 bits per heavy atom. The van der Waals surface area contributed by atoms with Gasteiger partial charge in [0.05, 0.1) is 19.3 Å². The molecule has 1 aromatic carbocycles. The summed E-state index contributed by atoms with van der Waals surface area (Å²) in [5, 5.41) is 10.1. The lowest BCUT2D eigenvalue weighted by atomic mass is 9.82. The number of aliphatic hydroxyl groups is 1. The SMILES string of the molecule is COc1ccc(F)cc1[C@@H](N)[C@@H](O)C(C)(C)C.Cl. The standard InChI is InChI=1S/C13H20FNO2.ClH/c1-13(2,3)12(16)11(15)9-7-8(14)5-6-10(9)17-4;/h5-7,11-12,16H,15H2,1-4H3;1H/t11-,12-;/m1./s1. The van der Waals surface area contributed by atoms with Gasteiger partial charge in [-0.05, 0) is 23.6 Å². The lowest BCUT2D eigenvalue weighted by molar-refractivity contribution is 0.0394. The Balaban J connectivity index is 0.00000289. The molecular weight excluding hydrogens is 257 g/mol. The molecule has 104 valence electrons. The lowest BCUT2D eigenvalue weighted by Gasteiger charge is -2.31. The zero-order valence-corrected chi connectivity index (χ0v) is 11.9. The predicted octanol–water partition coefficient (Wildman–Crippen LogP) is 2.66. The molecule has 0 saturated heterocycles. The molecule has 0 aliphatic rings. The maximum atomic E-state index is 13.2. The Morgan fingerprint density at radius 3 is 2.33 bits per heavy atom. The van der Waals surface area contributed by atoms with Gasteiger partial charge in [-0.1, -0.05) is 20.8 Å². The number of hydrogen-bond donors (Lipinski definition) is 2. The molecule has 0 heterocycles. The maximum absolute atomic E-state index is 13.2. The van der Waals surface area contributed by atoms with E-state index in [1.165, 1.54) is 25.3 Å². The van der Waals surface area contributed by atoms with Crippen molar-refractivity contribution in [1.82, 2.24) is 0 Å². The summed E-state index contributed by atoms with van der Waals surface area (Å²) in [6, 6.07) is 3.44. The van der Waals surface area contributed by atoms with E-state index in [0.717, 1.165) is 0 Å². The first-order valence-corrected chi connectivity index (χ1v) is 5.54. The van der Waals surface area contributed by atoms with E-state index in [2.05, 4.69) is 0 Å². The Hall–Kier alpha value is -0.840. The van der Waals surface area contributed by atoms with Gasteiger partial charge < -0.3 is 15.6 Å². The first-order chi connectivity index (χ1) is 7.77. The number of benzene rings is 1. The van der Waals surface area contributed by atoms with Gasteiger partial charge in [0.25, 0.3) is 0 Å². The fourth-order valence-electron chi connectivity index (χ4n) is 1.67. The van der Waals surface area contributed by atoms with E-state index in [-0.39, 0.29) is 17.8 Å². The van der Waals surface area contributed by atoms with Crippen molar-refractivity contribution in [1.29, 1.82) is 0 Å². The Bertz CT molecular complexity index is 393. The third kappa shape index (κ3) is 3.83. The summed E-state index contributed by atoms with van der Waals surface area (Å²) in [6.07, 6.45) is -0.779. The van der Waals surface area contributed by atoms with Gasteiger partial charge in [-0.3, -0.25) is 0 Å². The minimum Gasteiger partial charge on any atom is -0.496 e. The zero-order valence-electron chi connectivity index (χ0n) is 11.1.